The number of aryl methyl sites for hydroxylation is 1. The SMILES string of the molecule is Cc1ccc2oc(C(O)C3C4CCCC43)cc2c1. The minimum absolute atomic E-state index is 0.395. The number of hydrogen-bond donors (Lipinski definition) is 1. The summed E-state index contributed by atoms with van der Waals surface area (Å²) < 4.78 is 5.80. The van der Waals surface area contributed by atoms with Gasteiger partial charge in [0.05, 0.1) is 0 Å². The van der Waals surface area contributed by atoms with E-state index in [1.54, 1.807) is 0 Å². The van der Waals surface area contributed by atoms with Crippen LogP contribution in [0.1, 0.15) is 36.7 Å². The molecule has 1 aromatic carbocycles. The Morgan fingerprint density at radius 2 is 2.00 bits per heavy atom. The van der Waals surface area contributed by atoms with E-state index >= 15 is 0 Å². The van der Waals surface area contributed by atoms with Crippen molar-refractivity contribution >= 4 is 11.0 Å². The molecule has 1 N–H and O–H groups in total. The van der Waals surface area contributed by atoms with Gasteiger partial charge in [-0.3, -0.25) is 0 Å². The summed E-state index contributed by atoms with van der Waals surface area (Å²) >= 11 is 0. The van der Waals surface area contributed by atoms with Gasteiger partial charge in [0.15, 0.2) is 0 Å². The molecule has 2 aromatic rings. The van der Waals surface area contributed by atoms with Gasteiger partial charge in [-0.15, -0.1) is 0 Å². The number of aliphatic hydroxyl groups excluding tert-OH is 1. The van der Waals surface area contributed by atoms with E-state index in [1.807, 2.05) is 18.2 Å². The molecule has 0 radical (unpaired) electrons. The van der Waals surface area contributed by atoms with Gasteiger partial charge in [0.25, 0.3) is 0 Å². The Labute approximate surface area is 107 Å². The Balaban J connectivity index is 1.66. The Morgan fingerprint density at radius 1 is 1.22 bits per heavy atom. The number of fused-ring (bicyclic) bond motifs is 2. The van der Waals surface area contributed by atoms with Crippen molar-refractivity contribution < 1.29 is 9.52 Å². The number of furan rings is 1. The smallest absolute Gasteiger partial charge is 0.134 e. The molecular weight excluding hydrogens is 224 g/mol. The molecule has 2 nitrogen and oxygen atoms in total. The number of benzene rings is 1. The van der Waals surface area contributed by atoms with Crippen molar-refractivity contribution in [1.82, 2.24) is 0 Å². The Bertz CT molecular complexity index is 588. The van der Waals surface area contributed by atoms with Crippen molar-refractivity contribution in [3.63, 3.8) is 0 Å². The molecule has 0 aliphatic heterocycles. The van der Waals surface area contributed by atoms with Crippen molar-refractivity contribution in [2.45, 2.75) is 32.3 Å². The lowest BCUT2D eigenvalue weighted by Crippen LogP contribution is -2.02. The van der Waals surface area contributed by atoms with E-state index in [4.69, 9.17) is 4.42 Å². The zero-order chi connectivity index (χ0) is 12.3. The molecular formula is C16H18O2. The molecule has 0 saturated heterocycles. The van der Waals surface area contributed by atoms with E-state index in [0.29, 0.717) is 5.92 Å². The van der Waals surface area contributed by atoms with Crippen LogP contribution in [0.4, 0.5) is 0 Å². The molecule has 2 saturated carbocycles. The first-order valence-electron chi connectivity index (χ1n) is 6.92. The fourth-order valence-corrected chi connectivity index (χ4v) is 3.86. The summed E-state index contributed by atoms with van der Waals surface area (Å²) in [6.45, 7) is 2.08. The molecule has 2 fully saturated rings. The zero-order valence-electron chi connectivity index (χ0n) is 10.6. The molecule has 18 heavy (non-hydrogen) atoms. The van der Waals surface area contributed by atoms with Crippen LogP contribution in [0.5, 0.6) is 0 Å². The maximum absolute atomic E-state index is 10.4. The summed E-state index contributed by atoms with van der Waals surface area (Å²) in [5, 5.41) is 11.5. The van der Waals surface area contributed by atoms with Crippen LogP contribution in [0.25, 0.3) is 11.0 Å². The minimum atomic E-state index is -0.395. The highest BCUT2D eigenvalue weighted by Crippen LogP contribution is 2.62. The van der Waals surface area contributed by atoms with Crippen molar-refractivity contribution in [3.05, 3.63) is 35.6 Å². The number of hydrogen-bond acceptors (Lipinski definition) is 2. The molecule has 0 amide bonds. The zero-order valence-corrected chi connectivity index (χ0v) is 10.6. The summed E-state index contributed by atoms with van der Waals surface area (Å²) in [6.07, 6.45) is 3.54. The second-order valence-electron chi connectivity index (χ2n) is 5.97. The molecule has 1 aromatic heterocycles. The molecule has 1 heterocycles. The summed E-state index contributed by atoms with van der Waals surface area (Å²) in [7, 11) is 0. The van der Waals surface area contributed by atoms with Crippen LogP contribution >= 0.6 is 0 Å². The van der Waals surface area contributed by atoms with E-state index in [-0.39, 0.29) is 0 Å². The van der Waals surface area contributed by atoms with E-state index in [0.717, 1.165) is 28.6 Å². The molecule has 0 bridgehead atoms. The Kier molecular flexibility index (Phi) is 2.13. The Hall–Kier alpha value is -1.28. The monoisotopic (exact) mass is 242 g/mol. The molecule has 94 valence electrons. The largest absolute Gasteiger partial charge is 0.458 e. The molecule has 2 heteroatoms. The topological polar surface area (TPSA) is 33.4 Å². The predicted molar refractivity (Wildman–Crippen MR) is 70.2 cm³/mol. The van der Waals surface area contributed by atoms with Crippen LogP contribution in [0.15, 0.2) is 28.7 Å². The minimum Gasteiger partial charge on any atom is -0.458 e. The normalized spacial score (nSPS) is 31.6. The van der Waals surface area contributed by atoms with Crippen LogP contribution in [-0.2, 0) is 0 Å². The molecule has 2 aliphatic rings. The van der Waals surface area contributed by atoms with E-state index in [9.17, 15) is 5.11 Å². The van der Waals surface area contributed by atoms with Gasteiger partial charge in [-0.2, -0.15) is 0 Å². The summed E-state index contributed by atoms with van der Waals surface area (Å²) in [6, 6.07) is 8.17. The maximum Gasteiger partial charge on any atom is 0.134 e. The Morgan fingerprint density at radius 3 is 2.78 bits per heavy atom. The first-order chi connectivity index (χ1) is 8.74. The highest BCUT2D eigenvalue weighted by atomic mass is 16.4. The first kappa shape index (κ1) is 10.6. The highest BCUT2D eigenvalue weighted by molar-refractivity contribution is 5.78. The summed E-state index contributed by atoms with van der Waals surface area (Å²) in [4.78, 5) is 0. The van der Waals surface area contributed by atoms with Gasteiger partial charge in [-0.05, 0) is 55.7 Å². The van der Waals surface area contributed by atoms with Gasteiger partial charge in [-0.25, -0.2) is 0 Å². The van der Waals surface area contributed by atoms with Crippen molar-refractivity contribution in [1.29, 1.82) is 0 Å². The third-order valence-corrected chi connectivity index (χ3v) is 4.82. The standard InChI is InChI=1S/C16H18O2/c1-9-5-6-13-10(7-9)8-14(18-13)16(17)15-11-3-2-4-12(11)15/h5-8,11-12,15-17H,2-4H2,1H3. The summed E-state index contributed by atoms with van der Waals surface area (Å²) in [5.41, 5.74) is 2.12. The van der Waals surface area contributed by atoms with Gasteiger partial charge in [-0.1, -0.05) is 18.1 Å². The van der Waals surface area contributed by atoms with Gasteiger partial charge in [0.1, 0.15) is 17.4 Å². The predicted octanol–water partition coefficient (Wildman–Crippen LogP) is 3.82. The molecule has 0 spiro atoms. The van der Waals surface area contributed by atoms with Crippen molar-refractivity contribution in [2.24, 2.45) is 17.8 Å². The quantitative estimate of drug-likeness (QED) is 0.868. The second-order valence-corrected chi connectivity index (χ2v) is 5.97. The fraction of sp³-hybridized carbons (Fsp3) is 0.500. The van der Waals surface area contributed by atoms with Gasteiger partial charge >= 0.3 is 0 Å². The number of rotatable bonds is 2. The second kappa shape index (κ2) is 3.61. The highest BCUT2D eigenvalue weighted by Gasteiger charge is 2.56. The number of aliphatic hydroxyl groups is 1. The van der Waals surface area contributed by atoms with Crippen molar-refractivity contribution in [3.8, 4) is 0 Å². The van der Waals surface area contributed by atoms with Gasteiger partial charge < -0.3 is 9.52 Å². The molecule has 3 atom stereocenters. The third kappa shape index (κ3) is 1.45. The molecule has 3 unspecified atom stereocenters. The average Bonchev–Trinajstić information content (AvgIpc) is 2.77. The maximum atomic E-state index is 10.4. The molecule has 4 rings (SSSR count). The lowest BCUT2D eigenvalue weighted by atomic mass is 10.0. The van der Waals surface area contributed by atoms with E-state index < -0.39 is 6.10 Å². The third-order valence-electron chi connectivity index (χ3n) is 4.82. The molecule has 2 aliphatic carbocycles. The van der Waals surface area contributed by atoms with Gasteiger partial charge in [0.2, 0.25) is 0 Å². The van der Waals surface area contributed by atoms with Crippen molar-refractivity contribution in [2.75, 3.05) is 0 Å². The van der Waals surface area contributed by atoms with E-state index in [2.05, 4.69) is 13.0 Å². The average molecular weight is 242 g/mol. The summed E-state index contributed by atoms with van der Waals surface area (Å²) in [5.74, 6) is 2.74. The van der Waals surface area contributed by atoms with Crippen LogP contribution in [0.2, 0.25) is 0 Å². The lowest BCUT2D eigenvalue weighted by molar-refractivity contribution is 0.114. The van der Waals surface area contributed by atoms with E-state index in [1.165, 1.54) is 24.8 Å². The first-order valence-corrected chi connectivity index (χ1v) is 6.92. The van der Waals surface area contributed by atoms with Crippen LogP contribution in [0, 0.1) is 24.7 Å². The van der Waals surface area contributed by atoms with Gasteiger partial charge in [0, 0.05) is 5.39 Å². The lowest BCUT2D eigenvalue weighted by Gasteiger charge is -2.09. The van der Waals surface area contributed by atoms with Crippen LogP contribution in [0.3, 0.4) is 0 Å². The van der Waals surface area contributed by atoms with Crippen LogP contribution < -0.4 is 0 Å². The van der Waals surface area contributed by atoms with Crippen LogP contribution in [-0.4, -0.2) is 5.11 Å². The fourth-order valence-electron chi connectivity index (χ4n) is 3.86.